The molecular weight excluding hydrogens is 533 g/mol. The van der Waals surface area contributed by atoms with Crippen LogP contribution >= 0.6 is 0 Å². The van der Waals surface area contributed by atoms with Crippen molar-refractivity contribution in [1.82, 2.24) is 4.98 Å². The minimum absolute atomic E-state index is 0.0647. The Morgan fingerprint density at radius 3 is 2.54 bits per heavy atom. The number of aryl methyl sites for hydroxylation is 1. The van der Waals surface area contributed by atoms with Crippen molar-refractivity contribution in [1.29, 1.82) is 0 Å². The number of halogens is 3. The first-order valence-electron chi connectivity index (χ1n) is 13.8. The van der Waals surface area contributed by atoms with E-state index in [-0.39, 0.29) is 18.0 Å². The summed E-state index contributed by atoms with van der Waals surface area (Å²) in [7, 11) is 0. The van der Waals surface area contributed by atoms with Gasteiger partial charge in [-0.2, -0.15) is 13.2 Å². The number of ether oxygens (including phenoxy) is 1. The van der Waals surface area contributed by atoms with Crippen LogP contribution in [-0.4, -0.2) is 35.3 Å². The van der Waals surface area contributed by atoms with Gasteiger partial charge in [-0.3, -0.25) is 9.80 Å². The van der Waals surface area contributed by atoms with Crippen molar-refractivity contribution in [3.8, 4) is 11.3 Å². The molecule has 3 aromatic rings. The molecule has 1 aromatic heterocycles. The number of urea groups is 1. The van der Waals surface area contributed by atoms with E-state index in [2.05, 4.69) is 5.32 Å². The molecule has 0 radical (unpaired) electrons. The average Bonchev–Trinajstić information content (AvgIpc) is 3.11. The van der Waals surface area contributed by atoms with Crippen LogP contribution in [0.1, 0.15) is 62.6 Å². The Hall–Kier alpha value is -4.08. The van der Waals surface area contributed by atoms with E-state index >= 15 is 0 Å². The molecule has 6 rings (SSSR count). The van der Waals surface area contributed by atoms with Crippen LogP contribution in [-0.2, 0) is 17.3 Å². The molecule has 214 valence electrons. The predicted octanol–water partition coefficient (Wildman–Crippen LogP) is 7.75. The number of hydrogen-bond donors (Lipinski definition) is 1. The molecule has 2 aliphatic heterocycles. The second kappa shape index (κ2) is 9.78. The molecule has 1 N–H and O–H groups in total. The second-order valence-corrected chi connectivity index (χ2v) is 11.8. The van der Waals surface area contributed by atoms with Crippen molar-refractivity contribution in [2.45, 2.75) is 70.2 Å². The standard InChI is InChI=1S/C31H31F3N4O3/c1-30(2,3)41-29(40)37-15-5-7-18-9-10-21(17-26(18)37)35-28(39)38-25-14-12-22(25)23-11-13-24(36-27(23)38)19-6-4-8-20(16-19)31(32,33)34/h4,6,8-11,13,16-17,22,25H,5,7,12,14-15H2,1-3H3,(H,35,39). The van der Waals surface area contributed by atoms with Crippen LogP contribution in [0.3, 0.4) is 0 Å². The number of hydrogen-bond acceptors (Lipinski definition) is 4. The zero-order valence-electron chi connectivity index (χ0n) is 23.1. The fraction of sp³-hybridized carbons (Fsp3) is 0.387. The molecule has 0 bridgehead atoms. The summed E-state index contributed by atoms with van der Waals surface area (Å²) in [6.45, 7) is 5.98. The molecule has 7 nitrogen and oxygen atoms in total. The van der Waals surface area contributed by atoms with Gasteiger partial charge < -0.3 is 10.1 Å². The lowest BCUT2D eigenvalue weighted by Crippen LogP contribution is -2.46. The number of nitrogens with one attached hydrogen (secondary N) is 1. The van der Waals surface area contributed by atoms with Crippen LogP contribution < -0.4 is 15.1 Å². The molecule has 41 heavy (non-hydrogen) atoms. The number of anilines is 3. The van der Waals surface area contributed by atoms with Crippen molar-refractivity contribution >= 4 is 29.3 Å². The van der Waals surface area contributed by atoms with Crippen molar-refractivity contribution in [3.05, 3.63) is 71.3 Å². The molecular formula is C31H31F3N4O3. The van der Waals surface area contributed by atoms with E-state index in [4.69, 9.17) is 9.72 Å². The summed E-state index contributed by atoms with van der Waals surface area (Å²) in [6, 6.07) is 13.7. The maximum Gasteiger partial charge on any atom is 0.416 e. The number of carbonyl (C=O) groups excluding carboxylic acids is 2. The summed E-state index contributed by atoms with van der Waals surface area (Å²) in [4.78, 5) is 34.5. The molecule has 3 aliphatic rings. The van der Waals surface area contributed by atoms with E-state index in [1.54, 1.807) is 28.0 Å². The quantitative estimate of drug-likeness (QED) is 0.345. The average molecular weight is 565 g/mol. The van der Waals surface area contributed by atoms with Gasteiger partial charge in [0.1, 0.15) is 11.4 Å². The van der Waals surface area contributed by atoms with Gasteiger partial charge in [-0.05, 0) is 82.3 Å². The highest BCUT2D eigenvalue weighted by Crippen LogP contribution is 2.51. The van der Waals surface area contributed by atoms with Crippen molar-refractivity contribution in [2.75, 3.05) is 21.7 Å². The molecule has 1 fully saturated rings. The third-order valence-corrected chi connectivity index (χ3v) is 7.88. The van der Waals surface area contributed by atoms with E-state index in [1.807, 2.05) is 39.0 Å². The number of pyridine rings is 1. The minimum atomic E-state index is -4.47. The topological polar surface area (TPSA) is 74.8 Å². The Bertz CT molecular complexity index is 1530. The normalized spacial score (nSPS) is 19.6. The molecule has 0 spiro atoms. The van der Waals surface area contributed by atoms with Gasteiger partial charge in [-0.1, -0.05) is 24.3 Å². The number of carbonyl (C=O) groups is 2. The number of aromatic nitrogens is 1. The highest BCUT2D eigenvalue weighted by atomic mass is 19.4. The zero-order valence-corrected chi connectivity index (χ0v) is 23.1. The fourth-order valence-corrected chi connectivity index (χ4v) is 5.86. The summed E-state index contributed by atoms with van der Waals surface area (Å²) in [5, 5.41) is 2.98. The third-order valence-electron chi connectivity index (χ3n) is 7.88. The monoisotopic (exact) mass is 564 g/mol. The molecule has 2 aromatic carbocycles. The number of rotatable bonds is 2. The van der Waals surface area contributed by atoms with Gasteiger partial charge in [0.2, 0.25) is 0 Å². The third kappa shape index (κ3) is 5.11. The number of nitrogens with zero attached hydrogens (tertiary/aromatic N) is 3. The highest BCUT2D eigenvalue weighted by molar-refractivity contribution is 6.04. The molecule has 10 heteroatoms. The number of fused-ring (bicyclic) bond motifs is 4. The smallest absolute Gasteiger partial charge is 0.416 e. The molecule has 1 aliphatic carbocycles. The van der Waals surface area contributed by atoms with E-state index in [1.165, 1.54) is 6.07 Å². The summed E-state index contributed by atoms with van der Waals surface area (Å²) in [6.07, 6.45) is -1.55. The highest BCUT2D eigenvalue weighted by Gasteiger charge is 2.48. The first-order chi connectivity index (χ1) is 19.4. The Morgan fingerprint density at radius 2 is 1.83 bits per heavy atom. The van der Waals surface area contributed by atoms with Gasteiger partial charge in [0, 0.05) is 35.3 Å². The van der Waals surface area contributed by atoms with Crippen molar-refractivity contribution in [2.24, 2.45) is 0 Å². The molecule has 2 unspecified atom stereocenters. The van der Waals surface area contributed by atoms with Crippen LogP contribution in [0.15, 0.2) is 54.6 Å². The number of benzene rings is 2. The largest absolute Gasteiger partial charge is 0.443 e. The lowest BCUT2D eigenvalue weighted by atomic mass is 9.78. The molecule has 0 saturated heterocycles. The first-order valence-corrected chi connectivity index (χ1v) is 13.8. The van der Waals surface area contributed by atoms with Crippen LogP contribution in [0.2, 0.25) is 0 Å². The maximum absolute atomic E-state index is 13.7. The molecule has 1 saturated carbocycles. The molecule has 3 heterocycles. The Labute approximate surface area is 236 Å². The van der Waals surface area contributed by atoms with Crippen LogP contribution in [0.25, 0.3) is 11.3 Å². The fourth-order valence-electron chi connectivity index (χ4n) is 5.86. The van der Waals surface area contributed by atoms with E-state index in [0.717, 1.165) is 48.9 Å². The van der Waals surface area contributed by atoms with E-state index < -0.39 is 23.4 Å². The van der Waals surface area contributed by atoms with Gasteiger partial charge in [-0.25, -0.2) is 14.6 Å². The summed E-state index contributed by atoms with van der Waals surface area (Å²) < 4.78 is 45.6. The van der Waals surface area contributed by atoms with Gasteiger partial charge in [-0.15, -0.1) is 0 Å². The Balaban J connectivity index is 1.28. The van der Waals surface area contributed by atoms with Gasteiger partial charge >= 0.3 is 18.3 Å². The summed E-state index contributed by atoms with van der Waals surface area (Å²) in [5.74, 6) is 0.614. The van der Waals surface area contributed by atoms with Crippen LogP contribution in [0.4, 0.5) is 40.0 Å². The van der Waals surface area contributed by atoms with E-state index in [0.29, 0.717) is 35.0 Å². The van der Waals surface area contributed by atoms with Crippen molar-refractivity contribution in [3.63, 3.8) is 0 Å². The summed E-state index contributed by atoms with van der Waals surface area (Å²) >= 11 is 0. The summed E-state index contributed by atoms with van der Waals surface area (Å²) in [5.41, 5.74) is 2.48. The number of amides is 3. The van der Waals surface area contributed by atoms with Gasteiger partial charge in [0.15, 0.2) is 0 Å². The van der Waals surface area contributed by atoms with Gasteiger partial charge in [0.25, 0.3) is 0 Å². The van der Waals surface area contributed by atoms with Crippen molar-refractivity contribution < 1.29 is 27.5 Å². The number of alkyl halides is 3. The first kappa shape index (κ1) is 27.1. The van der Waals surface area contributed by atoms with Crippen LogP contribution in [0, 0.1) is 0 Å². The van der Waals surface area contributed by atoms with Crippen LogP contribution in [0.5, 0.6) is 0 Å². The van der Waals surface area contributed by atoms with E-state index in [9.17, 15) is 22.8 Å². The zero-order chi connectivity index (χ0) is 29.1. The second-order valence-electron chi connectivity index (χ2n) is 11.8. The Morgan fingerprint density at radius 1 is 1.02 bits per heavy atom. The SMILES string of the molecule is CC(C)(C)OC(=O)N1CCCc2ccc(NC(=O)N3c4nc(-c5cccc(C(F)(F)F)c5)ccc4C4CCC43)cc21. The molecule has 2 atom stereocenters. The predicted molar refractivity (Wildman–Crippen MR) is 150 cm³/mol. The molecule has 3 amide bonds. The Kier molecular flexibility index (Phi) is 6.47. The lowest BCUT2D eigenvalue weighted by Gasteiger charge is -2.36. The lowest BCUT2D eigenvalue weighted by molar-refractivity contribution is -0.137. The maximum atomic E-state index is 13.7. The van der Waals surface area contributed by atoms with Gasteiger partial charge in [0.05, 0.1) is 16.9 Å². The minimum Gasteiger partial charge on any atom is -0.443 e.